The Bertz CT molecular complexity index is 292. The van der Waals surface area contributed by atoms with Gasteiger partial charge in [-0.2, -0.15) is 0 Å². The third-order valence-corrected chi connectivity index (χ3v) is 5.94. The fraction of sp³-hybridized carbons (Fsp3) is 1.00. The number of hydrogen-bond donors (Lipinski definition) is 0. The molecule has 0 bridgehead atoms. The summed E-state index contributed by atoms with van der Waals surface area (Å²) in [6.45, 7) is 13.5. The molecule has 2 aliphatic rings. The highest BCUT2D eigenvalue weighted by molar-refractivity contribution is 4.77. The molecule has 1 saturated carbocycles. The van der Waals surface area contributed by atoms with Crippen LogP contribution in [-0.4, -0.2) is 61.8 Å². The first-order valence-corrected chi connectivity index (χ1v) is 9.57. The van der Waals surface area contributed by atoms with E-state index < -0.39 is 0 Å². The van der Waals surface area contributed by atoms with Crippen LogP contribution in [0.1, 0.15) is 59.3 Å². The van der Waals surface area contributed by atoms with E-state index in [0.717, 1.165) is 11.8 Å². The van der Waals surface area contributed by atoms with E-state index in [0.29, 0.717) is 12.1 Å². The maximum Gasteiger partial charge on any atom is 0.0571 e. The van der Waals surface area contributed by atoms with Gasteiger partial charge in [0.25, 0.3) is 0 Å². The minimum absolute atomic E-state index is 0.545. The van der Waals surface area contributed by atoms with Crippen molar-refractivity contribution in [1.29, 1.82) is 0 Å². The number of nitrogens with zero attached hydrogens (tertiary/aromatic N) is 2. The molecule has 0 aromatic heterocycles. The van der Waals surface area contributed by atoms with E-state index in [-0.39, 0.29) is 0 Å². The van der Waals surface area contributed by atoms with Crippen molar-refractivity contribution >= 4 is 0 Å². The lowest BCUT2D eigenvalue weighted by atomic mass is 9.81. The Balaban J connectivity index is 1.57. The minimum atomic E-state index is 0.545. The SMILES string of the molecule is COC1CCC(CC(C)CCN2CCN(C(C)C)CC2)CC1. The quantitative estimate of drug-likeness (QED) is 0.714. The van der Waals surface area contributed by atoms with Crippen molar-refractivity contribution in [2.24, 2.45) is 11.8 Å². The Labute approximate surface area is 138 Å². The van der Waals surface area contributed by atoms with Crippen LogP contribution in [0.2, 0.25) is 0 Å². The maximum absolute atomic E-state index is 5.49. The fourth-order valence-electron chi connectivity index (χ4n) is 4.20. The lowest BCUT2D eigenvalue weighted by molar-refractivity contribution is 0.0522. The van der Waals surface area contributed by atoms with Crippen LogP contribution >= 0.6 is 0 Å². The molecule has 1 atom stereocenters. The molecule has 22 heavy (non-hydrogen) atoms. The highest BCUT2D eigenvalue weighted by atomic mass is 16.5. The Morgan fingerprint density at radius 3 is 2.14 bits per heavy atom. The van der Waals surface area contributed by atoms with Crippen LogP contribution in [0, 0.1) is 11.8 Å². The molecule has 3 nitrogen and oxygen atoms in total. The molecule has 0 amide bonds. The second-order valence-corrected chi connectivity index (χ2v) is 7.98. The van der Waals surface area contributed by atoms with Gasteiger partial charge >= 0.3 is 0 Å². The molecule has 1 aliphatic carbocycles. The second-order valence-electron chi connectivity index (χ2n) is 7.98. The third-order valence-electron chi connectivity index (χ3n) is 5.94. The van der Waals surface area contributed by atoms with Gasteiger partial charge in [0, 0.05) is 39.3 Å². The van der Waals surface area contributed by atoms with Crippen molar-refractivity contribution in [2.45, 2.75) is 71.4 Å². The fourth-order valence-corrected chi connectivity index (χ4v) is 4.20. The first-order valence-electron chi connectivity index (χ1n) is 9.57. The number of rotatable bonds is 7. The molecule has 0 spiro atoms. The Morgan fingerprint density at radius 2 is 1.59 bits per heavy atom. The molecular formula is C19H38N2O. The number of piperazine rings is 1. The van der Waals surface area contributed by atoms with Gasteiger partial charge in [0.1, 0.15) is 0 Å². The first-order chi connectivity index (χ1) is 10.6. The van der Waals surface area contributed by atoms with Crippen molar-refractivity contribution in [3.05, 3.63) is 0 Å². The second kappa shape index (κ2) is 9.24. The van der Waals surface area contributed by atoms with Crippen LogP contribution in [0.5, 0.6) is 0 Å². The van der Waals surface area contributed by atoms with Crippen LogP contribution in [0.3, 0.4) is 0 Å². The van der Waals surface area contributed by atoms with E-state index in [1.165, 1.54) is 71.2 Å². The van der Waals surface area contributed by atoms with Gasteiger partial charge < -0.3 is 9.64 Å². The summed E-state index contributed by atoms with van der Waals surface area (Å²) in [5.74, 6) is 1.84. The monoisotopic (exact) mass is 310 g/mol. The van der Waals surface area contributed by atoms with E-state index in [1.54, 1.807) is 0 Å². The standard InChI is InChI=1S/C19H38N2O/c1-16(2)21-13-11-20(12-14-21)10-9-17(3)15-18-5-7-19(22-4)8-6-18/h16-19H,5-15H2,1-4H3. The van der Waals surface area contributed by atoms with Crippen molar-refractivity contribution in [3.8, 4) is 0 Å². The van der Waals surface area contributed by atoms with E-state index in [9.17, 15) is 0 Å². The highest BCUT2D eigenvalue weighted by Crippen LogP contribution is 2.31. The van der Waals surface area contributed by atoms with Crippen molar-refractivity contribution in [3.63, 3.8) is 0 Å². The largest absolute Gasteiger partial charge is 0.381 e. The highest BCUT2D eigenvalue weighted by Gasteiger charge is 2.23. The van der Waals surface area contributed by atoms with Crippen LogP contribution in [0.15, 0.2) is 0 Å². The summed E-state index contributed by atoms with van der Waals surface area (Å²) < 4.78 is 5.49. The Hall–Kier alpha value is -0.120. The summed E-state index contributed by atoms with van der Waals surface area (Å²) in [6.07, 6.45) is 8.69. The predicted molar refractivity (Wildman–Crippen MR) is 94.3 cm³/mol. The van der Waals surface area contributed by atoms with Crippen molar-refractivity contribution in [1.82, 2.24) is 9.80 Å². The van der Waals surface area contributed by atoms with Crippen LogP contribution in [0.25, 0.3) is 0 Å². The van der Waals surface area contributed by atoms with Crippen LogP contribution < -0.4 is 0 Å². The lowest BCUT2D eigenvalue weighted by Crippen LogP contribution is -2.49. The first kappa shape index (κ1) is 18.2. The van der Waals surface area contributed by atoms with E-state index >= 15 is 0 Å². The Kier molecular flexibility index (Phi) is 7.66. The molecule has 3 heteroatoms. The van der Waals surface area contributed by atoms with Crippen LogP contribution in [-0.2, 0) is 4.74 Å². The summed E-state index contributed by atoms with van der Waals surface area (Å²) in [6, 6.07) is 0.711. The summed E-state index contributed by atoms with van der Waals surface area (Å²) in [4.78, 5) is 5.28. The van der Waals surface area contributed by atoms with Crippen LogP contribution in [0.4, 0.5) is 0 Å². The zero-order chi connectivity index (χ0) is 15.9. The van der Waals surface area contributed by atoms with Gasteiger partial charge in [0.2, 0.25) is 0 Å². The molecule has 1 aliphatic heterocycles. The molecule has 2 rings (SSSR count). The molecule has 130 valence electrons. The maximum atomic E-state index is 5.49. The molecule has 2 fully saturated rings. The predicted octanol–water partition coefficient (Wildman–Crippen LogP) is 3.63. The smallest absolute Gasteiger partial charge is 0.0571 e. The zero-order valence-electron chi connectivity index (χ0n) is 15.4. The molecule has 1 heterocycles. The van der Waals surface area contributed by atoms with Crippen molar-refractivity contribution < 1.29 is 4.74 Å². The van der Waals surface area contributed by atoms with Gasteiger partial charge in [0.15, 0.2) is 0 Å². The normalized spacial score (nSPS) is 29.9. The van der Waals surface area contributed by atoms with Gasteiger partial charge in [-0.1, -0.05) is 6.92 Å². The third kappa shape index (κ3) is 5.82. The average Bonchev–Trinajstić information content (AvgIpc) is 2.54. The summed E-state index contributed by atoms with van der Waals surface area (Å²) >= 11 is 0. The molecule has 0 aromatic carbocycles. The molecule has 0 N–H and O–H groups in total. The Morgan fingerprint density at radius 1 is 0.955 bits per heavy atom. The van der Waals surface area contributed by atoms with Gasteiger partial charge in [-0.25, -0.2) is 0 Å². The number of hydrogen-bond acceptors (Lipinski definition) is 3. The van der Waals surface area contributed by atoms with Gasteiger partial charge in [-0.3, -0.25) is 4.90 Å². The van der Waals surface area contributed by atoms with E-state index in [2.05, 4.69) is 30.6 Å². The zero-order valence-corrected chi connectivity index (χ0v) is 15.4. The average molecular weight is 311 g/mol. The summed E-state index contributed by atoms with van der Waals surface area (Å²) in [5, 5.41) is 0. The van der Waals surface area contributed by atoms with Crippen molar-refractivity contribution in [2.75, 3.05) is 39.8 Å². The number of methoxy groups -OCH3 is 1. The van der Waals surface area contributed by atoms with Gasteiger partial charge in [0.05, 0.1) is 6.10 Å². The van der Waals surface area contributed by atoms with Gasteiger partial charge in [-0.05, 0) is 70.8 Å². The van der Waals surface area contributed by atoms with E-state index in [4.69, 9.17) is 4.74 Å². The summed E-state index contributed by atoms with van der Waals surface area (Å²) in [7, 11) is 1.87. The lowest BCUT2D eigenvalue weighted by Gasteiger charge is -2.37. The molecule has 1 saturated heterocycles. The van der Waals surface area contributed by atoms with Gasteiger partial charge in [-0.15, -0.1) is 0 Å². The number of ether oxygens (including phenoxy) is 1. The topological polar surface area (TPSA) is 15.7 Å². The van der Waals surface area contributed by atoms with E-state index in [1.807, 2.05) is 7.11 Å². The summed E-state index contributed by atoms with van der Waals surface area (Å²) in [5.41, 5.74) is 0. The molecule has 1 unspecified atom stereocenters. The molecule has 0 radical (unpaired) electrons. The molecule has 0 aromatic rings. The molecular weight excluding hydrogens is 272 g/mol. The minimum Gasteiger partial charge on any atom is -0.381 e.